The normalized spacial score (nSPS) is 12.6. The Morgan fingerprint density at radius 2 is 1.96 bits per heavy atom. The third-order valence-corrected chi connectivity index (χ3v) is 4.66. The molecule has 4 N–H and O–H groups in total. The molecule has 0 aromatic heterocycles. The third kappa shape index (κ3) is 4.77. The predicted octanol–water partition coefficient (Wildman–Crippen LogP) is 1.99. The Balaban J connectivity index is 2.17. The molecule has 8 heteroatoms. The second kappa shape index (κ2) is 7.62. The number of primary sulfonamides is 1. The Morgan fingerprint density at radius 3 is 2.60 bits per heavy atom. The molecular formula is C17H19FN2O4S. The number of aromatic hydroxyl groups is 1. The van der Waals surface area contributed by atoms with Crippen LogP contribution in [0.2, 0.25) is 0 Å². The molecule has 1 amide bonds. The standard InChI is InChI=1S/C17H19FN2O4S/c1-2-15(11-5-3-7-13(9-11)25(19,23)24)20-16(21)10-12-6-4-8-14(18)17(12)22/h3-9,15,22H,2,10H2,1H3,(H,20,21)(H2,19,23,24). The number of sulfonamides is 1. The molecule has 134 valence electrons. The lowest BCUT2D eigenvalue weighted by Crippen LogP contribution is -2.29. The van der Waals surface area contributed by atoms with Gasteiger partial charge < -0.3 is 10.4 Å². The van der Waals surface area contributed by atoms with Crippen molar-refractivity contribution in [1.29, 1.82) is 0 Å². The molecule has 1 atom stereocenters. The maximum Gasteiger partial charge on any atom is 0.238 e. The average molecular weight is 366 g/mol. The van der Waals surface area contributed by atoms with Crippen LogP contribution < -0.4 is 10.5 Å². The number of halogens is 1. The van der Waals surface area contributed by atoms with Crippen LogP contribution in [-0.2, 0) is 21.2 Å². The Kier molecular flexibility index (Phi) is 5.76. The quantitative estimate of drug-likeness (QED) is 0.726. The second-order valence-electron chi connectivity index (χ2n) is 5.57. The number of benzene rings is 2. The van der Waals surface area contributed by atoms with Crippen LogP contribution in [0.25, 0.3) is 0 Å². The highest BCUT2D eigenvalue weighted by Crippen LogP contribution is 2.23. The van der Waals surface area contributed by atoms with Crippen LogP contribution in [0.3, 0.4) is 0 Å². The van der Waals surface area contributed by atoms with E-state index in [0.29, 0.717) is 12.0 Å². The van der Waals surface area contributed by atoms with Crippen molar-refractivity contribution in [2.75, 3.05) is 0 Å². The number of nitrogens with one attached hydrogen (secondary N) is 1. The van der Waals surface area contributed by atoms with Crippen LogP contribution in [-0.4, -0.2) is 19.4 Å². The first-order valence-corrected chi connectivity index (χ1v) is 9.15. The maximum atomic E-state index is 13.3. The second-order valence-corrected chi connectivity index (χ2v) is 7.13. The molecular weight excluding hydrogens is 347 g/mol. The summed E-state index contributed by atoms with van der Waals surface area (Å²) in [5.41, 5.74) is 0.761. The largest absolute Gasteiger partial charge is 0.505 e. The van der Waals surface area contributed by atoms with Gasteiger partial charge in [0.1, 0.15) is 0 Å². The van der Waals surface area contributed by atoms with Gasteiger partial charge in [0.05, 0.1) is 17.4 Å². The van der Waals surface area contributed by atoms with Gasteiger partial charge in [0, 0.05) is 5.56 Å². The van der Waals surface area contributed by atoms with Crippen LogP contribution in [0.4, 0.5) is 4.39 Å². The Bertz CT molecular complexity index is 884. The Hall–Kier alpha value is -2.45. The van der Waals surface area contributed by atoms with Gasteiger partial charge in [0.15, 0.2) is 11.6 Å². The van der Waals surface area contributed by atoms with Gasteiger partial charge in [-0.2, -0.15) is 0 Å². The lowest BCUT2D eigenvalue weighted by molar-refractivity contribution is -0.121. The molecule has 0 spiro atoms. The number of hydrogen-bond acceptors (Lipinski definition) is 4. The highest BCUT2D eigenvalue weighted by atomic mass is 32.2. The maximum absolute atomic E-state index is 13.3. The van der Waals surface area contributed by atoms with Gasteiger partial charge in [-0.1, -0.05) is 31.2 Å². The fraction of sp³-hybridized carbons (Fsp3) is 0.235. The molecule has 0 aliphatic carbocycles. The average Bonchev–Trinajstić information content (AvgIpc) is 2.56. The number of amides is 1. The summed E-state index contributed by atoms with van der Waals surface area (Å²) in [6, 6.07) is 9.53. The summed E-state index contributed by atoms with van der Waals surface area (Å²) in [6.07, 6.45) is 0.309. The minimum atomic E-state index is -3.84. The van der Waals surface area contributed by atoms with Crippen molar-refractivity contribution in [3.63, 3.8) is 0 Å². The molecule has 0 aliphatic heterocycles. The van der Waals surface area contributed by atoms with Crippen molar-refractivity contribution in [2.24, 2.45) is 5.14 Å². The van der Waals surface area contributed by atoms with Crippen molar-refractivity contribution in [3.8, 4) is 5.75 Å². The van der Waals surface area contributed by atoms with E-state index in [1.54, 1.807) is 12.1 Å². The molecule has 0 saturated heterocycles. The molecule has 2 aromatic rings. The van der Waals surface area contributed by atoms with E-state index in [4.69, 9.17) is 5.14 Å². The molecule has 0 radical (unpaired) electrons. The number of hydrogen-bond donors (Lipinski definition) is 3. The highest BCUT2D eigenvalue weighted by Gasteiger charge is 2.17. The van der Waals surface area contributed by atoms with E-state index in [1.165, 1.54) is 24.3 Å². The smallest absolute Gasteiger partial charge is 0.238 e. The van der Waals surface area contributed by atoms with Gasteiger partial charge in [0.25, 0.3) is 0 Å². The molecule has 6 nitrogen and oxygen atoms in total. The van der Waals surface area contributed by atoms with E-state index >= 15 is 0 Å². The molecule has 0 fully saturated rings. The van der Waals surface area contributed by atoms with E-state index in [2.05, 4.69) is 5.32 Å². The fourth-order valence-corrected chi connectivity index (χ4v) is 3.02. The highest BCUT2D eigenvalue weighted by molar-refractivity contribution is 7.89. The van der Waals surface area contributed by atoms with E-state index < -0.39 is 33.5 Å². The summed E-state index contributed by atoms with van der Waals surface area (Å²) >= 11 is 0. The van der Waals surface area contributed by atoms with Crippen LogP contribution >= 0.6 is 0 Å². The first-order chi connectivity index (χ1) is 11.7. The molecule has 2 aromatic carbocycles. The molecule has 0 saturated carbocycles. The zero-order valence-corrected chi connectivity index (χ0v) is 14.4. The van der Waals surface area contributed by atoms with Gasteiger partial charge in [0.2, 0.25) is 15.9 Å². The van der Waals surface area contributed by atoms with E-state index in [0.717, 1.165) is 6.07 Å². The summed E-state index contributed by atoms with van der Waals surface area (Å²) < 4.78 is 36.2. The molecule has 0 bridgehead atoms. The van der Waals surface area contributed by atoms with E-state index in [9.17, 15) is 22.7 Å². The summed E-state index contributed by atoms with van der Waals surface area (Å²) in [6.45, 7) is 1.83. The molecule has 2 rings (SSSR count). The first kappa shape index (κ1) is 18.9. The lowest BCUT2D eigenvalue weighted by Gasteiger charge is -2.18. The molecule has 1 unspecified atom stereocenters. The van der Waals surface area contributed by atoms with E-state index in [1.807, 2.05) is 6.92 Å². The summed E-state index contributed by atoms with van der Waals surface area (Å²) in [5.74, 6) is -1.77. The topological polar surface area (TPSA) is 109 Å². The number of rotatable bonds is 6. The zero-order chi connectivity index (χ0) is 18.6. The minimum absolute atomic E-state index is 0.0412. The van der Waals surface area contributed by atoms with Gasteiger partial charge in [-0.05, 0) is 30.2 Å². The molecule has 0 heterocycles. The predicted molar refractivity (Wildman–Crippen MR) is 90.8 cm³/mol. The monoisotopic (exact) mass is 366 g/mol. The van der Waals surface area contributed by atoms with Gasteiger partial charge in [-0.3, -0.25) is 4.79 Å². The van der Waals surface area contributed by atoms with Crippen LogP contribution in [0.15, 0.2) is 47.4 Å². The Labute approximate surface area is 145 Å². The van der Waals surface area contributed by atoms with Gasteiger partial charge >= 0.3 is 0 Å². The Morgan fingerprint density at radius 1 is 1.28 bits per heavy atom. The summed E-state index contributed by atoms with van der Waals surface area (Å²) in [4.78, 5) is 12.2. The molecule has 25 heavy (non-hydrogen) atoms. The number of para-hydroxylation sites is 1. The van der Waals surface area contributed by atoms with E-state index in [-0.39, 0.29) is 16.9 Å². The minimum Gasteiger partial charge on any atom is -0.505 e. The SMILES string of the molecule is CCC(NC(=O)Cc1cccc(F)c1O)c1cccc(S(N)(=O)=O)c1. The number of phenolic OH excluding ortho intramolecular Hbond substituents is 1. The van der Waals surface area contributed by atoms with Crippen LogP contribution in [0.1, 0.15) is 30.5 Å². The number of carbonyl (C=O) groups is 1. The zero-order valence-electron chi connectivity index (χ0n) is 13.6. The van der Waals surface area contributed by atoms with Crippen LogP contribution in [0, 0.1) is 5.82 Å². The van der Waals surface area contributed by atoms with Crippen molar-refractivity contribution in [3.05, 3.63) is 59.4 Å². The van der Waals surface area contributed by atoms with Gasteiger partial charge in [-0.15, -0.1) is 0 Å². The third-order valence-electron chi connectivity index (χ3n) is 3.75. The number of nitrogens with two attached hydrogens (primary N) is 1. The molecule has 0 aliphatic rings. The van der Waals surface area contributed by atoms with Crippen molar-refractivity contribution < 1.29 is 22.7 Å². The summed E-state index contributed by atoms with van der Waals surface area (Å²) in [5, 5.41) is 17.5. The van der Waals surface area contributed by atoms with Gasteiger partial charge in [-0.25, -0.2) is 17.9 Å². The summed E-state index contributed by atoms with van der Waals surface area (Å²) in [7, 11) is -3.84. The number of carbonyl (C=O) groups excluding carboxylic acids is 1. The fourth-order valence-electron chi connectivity index (χ4n) is 2.45. The number of phenols is 1. The van der Waals surface area contributed by atoms with Crippen LogP contribution in [0.5, 0.6) is 5.75 Å². The lowest BCUT2D eigenvalue weighted by atomic mass is 10.0. The van der Waals surface area contributed by atoms with Crippen molar-refractivity contribution in [1.82, 2.24) is 5.32 Å². The first-order valence-electron chi connectivity index (χ1n) is 7.61. The van der Waals surface area contributed by atoms with Crippen molar-refractivity contribution in [2.45, 2.75) is 30.7 Å². The van der Waals surface area contributed by atoms with Crippen molar-refractivity contribution >= 4 is 15.9 Å².